The summed E-state index contributed by atoms with van der Waals surface area (Å²) in [5, 5.41) is 2.69. The predicted molar refractivity (Wildman–Crippen MR) is 117 cm³/mol. The lowest BCUT2D eigenvalue weighted by Crippen LogP contribution is -2.40. The largest absolute Gasteiger partial charge is 0.484 e. The Labute approximate surface area is 181 Å². The summed E-state index contributed by atoms with van der Waals surface area (Å²) >= 11 is 0. The van der Waals surface area contributed by atoms with Gasteiger partial charge in [-0.1, -0.05) is 42.5 Å². The number of carbonyl (C=O) groups is 2. The summed E-state index contributed by atoms with van der Waals surface area (Å²) in [6.45, 7) is 4.47. The summed E-state index contributed by atoms with van der Waals surface area (Å²) in [7, 11) is 0. The summed E-state index contributed by atoms with van der Waals surface area (Å²) in [5.74, 6) is 0.530. The average Bonchev–Trinajstić information content (AvgIpc) is 3.35. The number of carbonyl (C=O) groups excluding carboxylic acids is 2. The molecule has 158 valence electrons. The van der Waals surface area contributed by atoms with Gasteiger partial charge in [-0.3, -0.25) is 9.59 Å². The molecule has 0 bridgehead atoms. The third-order valence-corrected chi connectivity index (χ3v) is 5.27. The van der Waals surface area contributed by atoms with Crippen molar-refractivity contribution in [2.75, 3.05) is 19.7 Å². The van der Waals surface area contributed by atoms with E-state index in [1.807, 2.05) is 53.4 Å². The lowest BCUT2D eigenvalue weighted by atomic mass is 9.87. The Bertz CT molecular complexity index is 1060. The fourth-order valence-electron chi connectivity index (χ4n) is 3.82. The Morgan fingerprint density at radius 2 is 2.00 bits per heavy atom. The average molecular weight is 416 g/mol. The maximum absolute atomic E-state index is 13.2. The Balaban J connectivity index is 1.65. The molecule has 2 heterocycles. The molecular weight excluding hydrogens is 392 g/mol. The third-order valence-electron chi connectivity index (χ3n) is 5.27. The van der Waals surface area contributed by atoms with Crippen LogP contribution in [-0.4, -0.2) is 36.4 Å². The van der Waals surface area contributed by atoms with E-state index in [-0.39, 0.29) is 24.5 Å². The quantitative estimate of drug-likeness (QED) is 0.596. The highest BCUT2D eigenvalue weighted by Crippen LogP contribution is 2.38. The van der Waals surface area contributed by atoms with Gasteiger partial charge in [0.25, 0.3) is 11.8 Å². The highest BCUT2D eigenvalue weighted by molar-refractivity contribution is 5.92. The van der Waals surface area contributed by atoms with Gasteiger partial charge in [-0.2, -0.15) is 0 Å². The Morgan fingerprint density at radius 3 is 2.74 bits per heavy atom. The van der Waals surface area contributed by atoms with Crippen LogP contribution >= 0.6 is 0 Å². The number of hydrogen-bond acceptors (Lipinski definition) is 4. The van der Waals surface area contributed by atoms with Crippen LogP contribution < -0.4 is 10.1 Å². The monoisotopic (exact) mass is 416 g/mol. The van der Waals surface area contributed by atoms with E-state index in [2.05, 4.69) is 11.9 Å². The molecule has 0 aliphatic carbocycles. The molecule has 1 aromatic heterocycles. The second kappa shape index (κ2) is 9.34. The molecule has 0 spiro atoms. The van der Waals surface area contributed by atoms with Gasteiger partial charge in [-0.05, 0) is 47.4 Å². The standard InChI is InChI=1S/C25H24N2O4/c1-2-13-26-23(28)17-31-20-11-10-18-12-14-27(25(29)22-9-6-15-30-22)24(21(18)16-20)19-7-4-3-5-8-19/h2-11,15-16,24H,1,12-14,17H2,(H,26,28). The molecule has 1 atom stereocenters. The molecule has 0 radical (unpaired) electrons. The number of nitrogens with one attached hydrogen (secondary N) is 1. The van der Waals surface area contributed by atoms with E-state index in [0.717, 1.165) is 23.1 Å². The number of benzene rings is 2. The van der Waals surface area contributed by atoms with Crippen molar-refractivity contribution in [1.82, 2.24) is 10.2 Å². The highest BCUT2D eigenvalue weighted by Gasteiger charge is 2.33. The van der Waals surface area contributed by atoms with Crippen LogP contribution in [0, 0.1) is 0 Å². The lowest BCUT2D eigenvalue weighted by Gasteiger charge is -2.37. The number of hydrogen-bond donors (Lipinski definition) is 1. The minimum absolute atomic E-state index is 0.0856. The number of furan rings is 1. The van der Waals surface area contributed by atoms with Crippen LogP contribution in [0.1, 0.15) is 33.3 Å². The Hall–Kier alpha value is -3.80. The third kappa shape index (κ3) is 4.53. The van der Waals surface area contributed by atoms with Crippen molar-refractivity contribution in [3.05, 3.63) is 102 Å². The van der Waals surface area contributed by atoms with Crippen LogP contribution in [-0.2, 0) is 11.2 Å². The van der Waals surface area contributed by atoms with Gasteiger partial charge in [0.2, 0.25) is 0 Å². The fourth-order valence-corrected chi connectivity index (χ4v) is 3.82. The smallest absolute Gasteiger partial charge is 0.290 e. The first kappa shape index (κ1) is 20.5. The zero-order valence-electron chi connectivity index (χ0n) is 17.1. The minimum Gasteiger partial charge on any atom is -0.484 e. The first-order valence-corrected chi connectivity index (χ1v) is 10.2. The topological polar surface area (TPSA) is 71.8 Å². The number of fused-ring (bicyclic) bond motifs is 1. The Morgan fingerprint density at radius 1 is 1.16 bits per heavy atom. The molecule has 2 aromatic carbocycles. The maximum Gasteiger partial charge on any atom is 0.290 e. The Kier molecular flexibility index (Phi) is 6.17. The van der Waals surface area contributed by atoms with Gasteiger partial charge in [0.15, 0.2) is 12.4 Å². The zero-order chi connectivity index (χ0) is 21.6. The second-order valence-electron chi connectivity index (χ2n) is 7.28. The summed E-state index contributed by atoms with van der Waals surface area (Å²) < 4.78 is 11.1. The molecule has 31 heavy (non-hydrogen) atoms. The molecule has 1 N–H and O–H groups in total. The van der Waals surface area contributed by atoms with Crippen molar-refractivity contribution in [2.45, 2.75) is 12.5 Å². The summed E-state index contributed by atoms with van der Waals surface area (Å²) in [4.78, 5) is 26.9. The van der Waals surface area contributed by atoms with Crippen molar-refractivity contribution in [3.8, 4) is 5.75 Å². The van der Waals surface area contributed by atoms with E-state index in [4.69, 9.17) is 9.15 Å². The number of nitrogens with zero attached hydrogens (tertiary/aromatic N) is 1. The molecule has 1 aliphatic heterocycles. The maximum atomic E-state index is 13.2. The molecule has 6 heteroatoms. The van der Waals surface area contributed by atoms with E-state index in [1.54, 1.807) is 18.2 Å². The SMILES string of the molecule is C=CCNC(=O)COc1ccc2c(c1)C(c1ccccc1)N(C(=O)c1ccco1)CC2. The number of ether oxygens (including phenoxy) is 1. The van der Waals surface area contributed by atoms with Gasteiger partial charge in [0, 0.05) is 13.1 Å². The van der Waals surface area contributed by atoms with Gasteiger partial charge in [0.05, 0.1) is 12.3 Å². The van der Waals surface area contributed by atoms with E-state index in [0.29, 0.717) is 24.6 Å². The zero-order valence-corrected chi connectivity index (χ0v) is 17.1. The van der Waals surface area contributed by atoms with E-state index >= 15 is 0 Å². The lowest BCUT2D eigenvalue weighted by molar-refractivity contribution is -0.122. The molecular formula is C25H24N2O4. The molecule has 0 saturated heterocycles. The van der Waals surface area contributed by atoms with Crippen molar-refractivity contribution >= 4 is 11.8 Å². The predicted octanol–water partition coefficient (Wildman–Crippen LogP) is 3.75. The molecule has 6 nitrogen and oxygen atoms in total. The summed E-state index contributed by atoms with van der Waals surface area (Å²) in [6, 6.07) is 18.8. The second-order valence-corrected chi connectivity index (χ2v) is 7.28. The van der Waals surface area contributed by atoms with Crippen LogP contribution in [0.15, 0.2) is 84.0 Å². The minimum atomic E-state index is -0.277. The summed E-state index contributed by atoms with van der Waals surface area (Å²) in [5.41, 5.74) is 3.14. The van der Waals surface area contributed by atoms with Crippen LogP contribution in [0.3, 0.4) is 0 Å². The first-order valence-electron chi connectivity index (χ1n) is 10.2. The van der Waals surface area contributed by atoms with Gasteiger partial charge < -0.3 is 19.4 Å². The van der Waals surface area contributed by atoms with Crippen molar-refractivity contribution < 1.29 is 18.7 Å². The normalized spacial score (nSPS) is 15.1. The van der Waals surface area contributed by atoms with E-state index < -0.39 is 0 Å². The van der Waals surface area contributed by atoms with Crippen molar-refractivity contribution in [2.24, 2.45) is 0 Å². The van der Waals surface area contributed by atoms with Gasteiger partial charge in [0.1, 0.15) is 5.75 Å². The van der Waals surface area contributed by atoms with Crippen LogP contribution in [0.4, 0.5) is 0 Å². The van der Waals surface area contributed by atoms with Crippen LogP contribution in [0.2, 0.25) is 0 Å². The van der Waals surface area contributed by atoms with Gasteiger partial charge in [-0.25, -0.2) is 0 Å². The highest BCUT2D eigenvalue weighted by atomic mass is 16.5. The first-order chi connectivity index (χ1) is 15.2. The van der Waals surface area contributed by atoms with Gasteiger partial charge >= 0.3 is 0 Å². The molecule has 1 unspecified atom stereocenters. The van der Waals surface area contributed by atoms with Crippen molar-refractivity contribution in [3.63, 3.8) is 0 Å². The van der Waals surface area contributed by atoms with Crippen molar-refractivity contribution in [1.29, 1.82) is 0 Å². The van der Waals surface area contributed by atoms with Crippen LogP contribution in [0.25, 0.3) is 0 Å². The molecule has 0 fully saturated rings. The van der Waals surface area contributed by atoms with Crippen LogP contribution in [0.5, 0.6) is 5.75 Å². The van der Waals surface area contributed by atoms with E-state index in [9.17, 15) is 9.59 Å². The number of rotatable bonds is 7. The van der Waals surface area contributed by atoms with E-state index in [1.165, 1.54) is 6.26 Å². The summed E-state index contributed by atoms with van der Waals surface area (Å²) in [6.07, 6.45) is 3.85. The number of amides is 2. The molecule has 4 rings (SSSR count). The fraction of sp³-hybridized carbons (Fsp3) is 0.200. The molecule has 2 amide bonds. The molecule has 1 aliphatic rings. The van der Waals surface area contributed by atoms with Gasteiger partial charge in [-0.15, -0.1) is 6.58 Å². The molecule has 3 aromatic rings. The molecule has 0 saturated carbocycles.